The smallest absolute Gasteiger partial charge is 0.334 e. The molecule has 0 amide bonds. The Bertz CT molecular complexity index is 293. The molecule has 0 aromatic heterocycles. The molecule has 5 heteroatoms. The minimum atomic E-state index is -1.82. The van der Waals surface area contributed by atoms with Crippen molar-refractivity contribution in [3.05, 3.63) is 0 Å². The van der Waals surface area contributed by atoms with Crippen molar-refractivity contribution >= 4 is 8.56 Å². The van der Waals surface area contributed by atoms with Gasteiger partial charge in [-0.05, 0) is 19.0 Å². The van der Waals surface area contributed by atoms with Crippen LogP contribution in [0.1, 0.15) is 77.0 Å². The predicted octanol–water partition coefficient (Wildman–Crippen LogP) is 5.45. The van der Waals surface area contributed by atoms with E-state index < -0.39 is 8.56 Å². The van der Waals surface area contributed by atoms with Crippen molar-refractivity contribution in [2.45, 2.75) is 95.7 Å². The number of hydrogen-bond donors (Lipinski definition) is 0. The highest BCUT2D eigenvalue weighted by Gasteiger charge is 2.27. The normalized spacial score (nSPS) is 17.2. The van der Waals surface area contributed by atoms with Crippen LogP contribution >= 0.6 is 0 Å². The van der Waals surface area contributed by atoms with E-state index in [1.807, 2.05) is 0 Å². The second kappa shape index (κ2) is 15.1. The van der Waals surface area contributed by atoms with Gasteiger partial charge in [-0.15, -0.1) is 0 Å². The van der Waals surface area contributed by atoms with Crippen LogP contribution in [0, 0.1) is 0 Å². The van der Waals surface area contributed by atoms with E-state index in [4.69, 9.17) is 18.3 Å². The van der Waals surface area contributed by atoms with Crippen molar-refractivity contribution in [2.24, 2.45) is 0 Å². The van der Waals surface area contributed by atoms with Crippen LogP contribution in [0.15, 0.2) is 0 Å². The summed E-state index contributed by atoms with van der Waals surface area (Å²) in [6.07, 6.45) is 16.7. The Balaban J connectivity index is 1.68. The molecule has 0 radical (unpaired) electrons. The summed E-state index contributed by atoms with van der Waals surface area (Å²) in [5, 5.41) is 0. The van der Waals surface area contributed by atoms with Gasteiger partial charge in [0, 0.05) is 20.8 Å². The van der Waals surface area contributed by atoms with Crippen LogP contribution in [0.2, 0.25) is 12.6 Å². The van der Waals surface area contributed by atoms with Gasteiger partial charge in [-0.25, -0.2) is 0 Å². The monoisotopic (exact) mass is 374 g/mol. The summed E-state index contributed by atoms with van der Waals surface area (Å²) >= 11 is 0. The zero-order valence-electron chi connectivity index (χ0n) is 17.0. The fraction of sp³-hybridized carbons (Fsp3) is 1.00. The first-order chi connectivity index (χ1) is 12.2. The second-order valence-corrected chi connectivity index (χ2v) is 11.1. The molecule has 0 aromatic carbocycles. The molecule has 150 valence electrons. The van der Waals surface area contributed by atoms with Crippen LogP contribution in [0.25, 0.3) is 0 Å². The lowest BCUT2D eigenvalue weighted by atomic mass is 10.1. The number of unbranched alkanes of at least 4 members (excludes halogenated alkanes) is 11. The third-order valence-corrected chi connectivity index (χ3v) is 8.23. The Labute approximate surface area is 157 Å². The molecule has 25 heavy (non-hydrogen) atoms. The molecule has 1 saturated heterocycles. The highest BCUT2D eigenvalue weighted by molar-refractivity contribution is 6.65. The Morgan fingerprint density at radius 1 is 0.760 bits per heavy atom. The van der Waals surface area contributed by atoms with Gasteiger partial charge < -0.3 is 18.3 Å². The predicted molar refractivity (Wildman–Crippen MR) is 106 cm³/mol. The molecule has 0 N–H and O–H groups in total. The standard InChI is InChI=1S/C20H42O4Si/c1-21-25(3,22-2)17-15-13-11-9-7-5-4-6-8-10-12-14-16-23-18-20-19-24-20/h20H,4-19H2,1-3H3. The van der Waals surface area contributed by atoms with Gasteiger partial charge >= 0.3 is 8.56 Å². The van der Waals surface area contributed by atoms with E-state index in [-0.39, 0.29) is 0 Å². The van der Waals surface area contributed by atoms with Gasteiger partial charge in [-0.2, -0.15) is 0 Å². The summed E-state index contributed by atoms with van der Waals surface area (Å²) in [6, 6.07) is 1.12. The third-order valence-electron chi connectivity index (χ3n) is 5.24. The molecular weight excluding hydrogens is 332 g/mol. The summed E-state index contributed by atoms with van der Waals surface area (Å²) in [5.74, 6) is 0. The zero-order valence-corrected chi connectivity index (χ0v) is 18.0. The van der Waals surface area contributed by atoms with E-state index >= 15 is 0 Å². The molecule has 1 rings (SSSR count). The topological polar surface area (TPSA) is 40.2 Å². The summed E-state index contributed by atoms with van der Waals surface area (Å²) in [4.78, 5) is 0. The first-order valence-electron chi connectivity index (χ1n) is 10.5. The number of hydrogen-bond acceptors (Lipinski definition) is 4. The van der Waals surface area contributed by atoms with Crippen molar-refractivity contribution in [1.82, 2.24) is 0 Å². The van der Waals surface area contributed by atoms with E-state index in [1.165, 1.54) is 77.0 Å². The molecule has 4 nitrogen and oxygen atoms in total. The van der Waals surface area contributed by atoms with Crippen LogP contribution in [0.4, 0.5) is 0 Å². The van der Waals surface area contributed by atoms with Gasteiger partial charge in [-0.3, -0.25) is 0 Å². The first kappa shape index (κ1) is 23.1. The van der Waals surface area contributed by atoms with Gasteiger partial charge in [0.15, 0.2) is 0 Å². The average molecular weight is 375 g/mol. The summed E-state index contributed by atoms with van der Waals surface area (Å²) in [7, 11) is 1.75. The van der Waals surface area contributed by atoms with E-state index in [2.05, 4.69) is 6.55 Å². The van der Waals surface area contributed by atoms with Crippen molar-refractivity contribution < 1.29 is 18.3 Å². The molecule has 0 aliphatic carbocycles. The van der Waals surface area contributed by atoms with Gasteiger partial charge in [0.2, 0.25) is 0 Å². The quantitative estimate of drug-likeness (QED) is 0.171. The van der Waals surface area contributed by atoms with E-state index in [9.17, 15) is 0 Å². The fourth-order valence-electron chi connectivity index (χ4n) is 3.08. The van der Waals surface area contributed by atoms with Crippen LogP contribution in [0.3, 0.4) is 0 Å². The molecule has 1 fully saturated rings. The summed E-state index contributed by atoms with van der Waals surface area (Å²) in [6.45, 7) is 4.78. The lowest BCUT2D eigenvalue weighted by Crippen LogP contribution is -2.35. The maximum absolute atomic E-state index is 5.55. The maximum atomic E-state index is 5.55. The van der Waals surface area contributed by atoms with Crippen LogP contribution in [-0.2, 0) is 18.3 Å². The SMILES string of the molecule is CO[Si](C)(CCCCCCCCCCCCCCOCC1CO1)OC. The minimum Gasteiger partial charge on any atom is -0.398 e. The third kappa shape index (κ3) is 13.9. The van der Waals surface area contributed by atoms with Gasteiger partial charge in [0.05, 0.1) is 13.2 Å². The van der Waals surface area contributed by atoms with Crippen LogP contribution in [0.5, 0.6) is 0 Å². The minimum absolute atomic E-state index is 0.415. The van der Waals surface area contributed by atoms with E-state index in [0.717, 1.165) is 25.9 Å². The molecule has 1 aliphatic heterocycles. The molecule has 0 spiro atoms. The Kier molecular flexibility index (Phi) is 14.0. The van der Waals surface area contributed by atoms with Crippen molar-refractivity contribution in [2.75, 3.05) is 34.0 Å². The molecule has 1 atom stereocenters. The van der Waals surface area contributed by atoms with E-state index in [1.54, 1.807) is 14.2 Å². The van der Waals surface area contributed by atoms with Crippen LogP contribution < -0.4 is 0 Å². The average Bonchev–Trinajstić information content (AvgIpc) is 3.45. The lowest BCUT2D eigenvalue weighted by Gasteiger charge is -2.22. The number of rotatable bonds is 19. The van der Waals surface area contributed by atoms with Gasteiger partial charge in [0.1, 0.15) is 6.10 Å². The Hall–Kier alpha value is 0.0569. The Morgan fingerprint density at radius 2 is 1.20 bits per heavy atom. The second-order valence-electron chi connectivity index (χ2n) is 7.56. The molecule has 0 bridgehead atoms. The highest BCUT2D eigenvalue weighted by atomic mass is 28.4. The van der Waals surface area contributed by atoms with Crippen molar-refractivity contribution in [1.29, 1.82) is 0 Å². The molecule has 1 aliphatic rings. The van der Waals surface area contributed by atoms with E-state index in [0.29, 0.717) is 6.10 Å². The first-order valence-corrected chi connectivity index (χ1v) is 13.0. The molecule has 0 saturated carbocycles. The highest BCUT2D eigenvalue weighted by Crippen LogP contribution is 2.18. The molecule has 1 heterocycles. The lowest BCUT2D eigenvalue weighted by molar-refractivity contribution is 0.113. The molecule has 0 aromatic rings. The van der Waals surface area contributed by atoms with Crippen LogP contribution in [-0.4, -0.2) is 48.7 Å². The molecule has 1 unspecified atom stereocenters. The number of epoxide rings is 1. The fourth-order valence-corrected chi connectivity index (χ4v) is 4.55. The van der Waals surface area contributed by atoms with Crippen molar-refractivity contribution in [3.63, 3.8) is 0 Å². The zero-order chi connectivity index (χ0) is 18.2. The largest absolute Gasteiger partial charge is 0.398 e. The van der Waals surface area contributed by atoms with Crippen molar-refractivity contribution in [3.8, 4) is 0 Å². The van der Waals surface area contributed by atoms with Gasteiger partial charge in [0.25, 0.3) is 0 Å². The summed E-state index contributed by atoms with van der Waals surface area (Å²) in [5.41, 5.74) is 0. The summed E-state index contributed by atoms with van der Waals surface area (Å²) < 4.78 is 21.7. The number of ether oxygens (including phenoxy) is 2. The Morgan fingerprint density at radius 3 is 1.64 bits per heavy atom. The van der Waals surface area contributed by atoms with Gasteiger partial charge in [-0.1, -0.05) is 70.6 Å². The maximum Gasteiger partial charge on any atom is 0.334 e. The molecular formula is C20H42O4Si.